The van der Waals surface area contributed by atoms with Crippen LogP contribution in [0.3, 0.4) is 0 Å². The van der Waals surface area contributed by atoms with E-state index in [0.29, 0.717) is 51.9 Å². The Hall–Kier alpha value is -5.23. The van der Waals surface area contributed by atoms with Crippen LogP contribution < -0.4 is 0 Å². The van der Waals surface area contributed by atoms with Crippen molar-refractivity contribution in [2.45, 2.75) is 88.9 Å². The van der Waals surface area contributed by atoms with Gasteiger partial charge in [-0.1, -0.05) is 72.8 Å². The van der Waals surface area contributed by atoms with Crippen LogP contribution >= 0.6 is 22.7 Å². The maximum Gasteiger partial charge on any atom is 0.435 e. The molecule has 0 spiro atoms. The van der Waals surface area contributed by atoms with Crippen LogP contribution in [0.1, 0.15) is 92.8 Å². The zero-order valence-corrected chi connectivity index (χ0v) is 37.0. The van der Waals surface area contributed by atoms with Crippen LogP contribution in [0.25, 0.3) is 24.3 Å². The predicted octanol–water partition coefficient (Wildman–Crippen LogP) is 10.8. The molecule has 64 heavy (non-hydrogen) atoms. The van der Waals surface area contributed by atoms with E-state index in [0.717, 1.165) is 44.7 Å². The lowest BCUT2D eigenvalue weighted by molar-refractivity contribution is -0.142. The van der Waals surface area contributed by atoms with Crippen molar-refractivity contribution < 1.29 is 31.1 Å². The van der Waals surface area contributed by atoms with E-state index in [1.165, 1.54) is 23.2 Å². The Labute approximate surface area is 375 Å². The first-order chi connectivity index (χ1) is 30.7. The van der Waals surface area contributed by atoms with Gasteiger partial charge in [0.2, 0.25) is 0 Å². The maximum atomic E-state index is 15.3. The van der Waals surface area contributed by atoms with Gasteiger partial charge >= 0.3 is 12.4 Å². The summed E-state index contributed by atoms with van der Waals surface area (Å²) in [5, 5.41) is 13.8. The fourth-order valence-electron chi connectivity index (χ4n) is 8.52. The summed E-state index contributed by atoms with van der Waals surface area (Å²) in [6, 6.07) is 19.9. The third kappa shape index (κ3) is 11.0. The molecule has 6 heterocycles. The van der Waals surface area contributed by atoms with Gasteiger partial charge in [-0.25, -0.2) is 9.97 Å². The molecule has 336 valence electrons. The molecule has 2 saturated heterocycles. The van der Waals surface area contributed by atoms with Crippen LogP contribution in [0.2, 0.25) is 0 Å². The Morgan fingerprint density at radius 2 is 1.00 bits per heavy atom. The number of benzene rings is 2. The molecule has 0 amide bonds. The van der Waals surface area contributed by atoms with Crippen molar-refractivity contribution in [1.82, 2.24) is 39.3 Å². The fourth-order valence-corrected chi connectivity index (χ4v) is 10.4. The van der Waals surface area contributed by atoms with E-state index in [-0.39, 0.29) is 42.1 Å². The smallest absolute Gasteiger partial charge is 0.296 e. The van der Waals surface area contributed by atoms with E-state index in [9.17, 15) is 26.3 Å². The van der Waals surface area contributed by atoms with E-state index in [4.69, 9.17) is 9.97 Å². The van der Waals surface area contributed by atoms with Crippen molar-refractivity contribution >= 4 is 52.8 Å². The third-order valence-electron chi connectivity index (χ3n) is 12.1. The topological polar surface area (TPSA) is 85.0 Å². The molecule has 0 aliphatic carbocycles. The minimum Gasteiger partial charge on any atom is -0.296 e. The van der Waals surface area contributed by atoms with Crippen LogP contribution in [0.5, 0.6) is 0 Å². The summed E-state index contributed by atoms with van der Waals surface area (Å²) in [6.45, 7) is 4.57. The van der Waals surface area contributed by atoms with E-state index < -0.39 is 35.8 Å². The molecule has 2 atom stereocenters. The molecule has 2 aromatic carbocycles. The molecule has 4 aromatic heterocycles. The summed E-state index contributed by atoms with van der Waals surface area (Å²) < 4.78 is 85.9. The molecule has 9 nitrogen and oxygen atoms in total. The number of nitrogens with zero attached hydrogens (tertiary/aromatic N) is 8. The molecule has 0 bridgehead atoms. The second-order valence-corrected chi connectivity index (χ2v) is 18.2. The number of piperidine rings is 2. The first-order valence-electron chi connectivity index (χ1n) is 21.3. The summed E-state index contributed by atoms with van der Waals surface area (Å²) >= 11 is 3.15. The molecular formula is C47H48F6N8OS2. The lowest BCUT2D eigenvalue weighted by atomic mass is 9.91. The van der Waals surface area contributed by atoms with Crippen molar-refractivity contribution in [2.24, 2.45) is 0 Å². The fraction of sp³-hybridized carbons (Fsp3) is 0.383. The van der Waals surface area contributed by atoms with E-state index in [1.807, 2.05) is 106 Å². The zero-order chi connectivity index (χ0) is 45.0. The van der Waals surface area contributed by atoms with E-state index in [2.05, 4.69) is 10.2 Å². The van der Waals surface area contributed by atoms with Gasteiger partial charge in [0.1, 0.15) is 0 Å². The van der Waals surface area contributed by atoms with Gasteiger partial charge in [0.25, 0.3) is 0 Å². The minimum atomic E-state index is -4.69. The van der Waals surface area contributed by atoms with Crippen molar-refractivity contribution in [1.29, 1.82) is 0 Å². The summed E-state index contributed by atoms with van der Waals surface area (Å²) in [5.41, 5.74) is 2.19. The Balaban J connectivity index is 1.04. The number of Topliss-reactive ketones (excluding diaryl/α,β-unsaturated/α-hetero) is 1. The van der Waals surface area contributed by atoms with Crippen LogP contribution in [0.15, 0.2) is 83.6 Å². The SMILES string of the molecule is Cc1cc(C(F)(F)F)nn1CC(C(=O)C(Cn1nc(C(F)(F)F)cc1C)N1CCC(c2nc(C=Cc3ccccc3)cs2)CC1)N1CCC(c2nc(C=Cc3ccccc3)cs2)CC1. The van der Waals surface area contributed by atoms with Crippen molar-refractivity contribution in [3.63, 3.8) is 0 Å². The van der Waals surface area contributed by atoms with Gasteiger partial charge in [-0.05, 0) is 101 Å². The zero-order valence-electron chi connectivity index (χ0n) is 35.3. The number of aryl methyl sites for hydroxylation is 2. The van der Waals surface area contributed by atoms with E-state index in [1.54, 1.807) is 22.7 Å². The second kappa shape index (κ2) is 19.5. The maximum absolute atomic E-state index is 15.3. The average molecular weight is 919 g/mol. The van der Waals surface area contributed by atoms with Crippen molar-refractivity contribution in [2.75, 3.05) is 26.2 Å². The molecule has 2 fully saturated rings. The van der Waals surface area contributed by atoms with Crippen LogP contribution in [-0.2, 0) is 30.2 Å². The molecule has 8 rings (SSSR count). The van der Waals surface area contributed by atoms with Gasteiger partial charge in [-0.3, -0.25) is 24.0 Å². The number of carbonyl (C=O) groups excluding carboxylic acids is 1. The number of halogens is 6. The molecule has 2 aliphatic rings. The summed E-state index contributed by atoms with van der Waals surface area (Å²) in [7, 11) is 0. The molecule has 0 radical (unpaired) electrons. The first kappa shape index (κ1) is 45.3. The first-order valence-corrected chi connectivity index (χ1v) is 23.1. The van der Waals surface area contributed by atoms with Gasteiger partial charge in [-0.2, -0.15) is 36.5 Å². The van der Waals surface area contributed by atoms with Gasteiger partial charge in [0.15, 0.2) is 17.2 Å². The number of carbonyl (C=O) groups is 1. The van der Waals surface area contributed by atoms with Gasteiger partial charge < -0.3 is 0 Å². The lowest BCUT2D eigenvalue weighted by Gasteiger charge is -2.41. The Morgan fingerprint density at radius 3 is 1.34 bits per heavy atom. The largest absolute Gasteiger partial charge is 0.435 e. The molecule has 0 N–H and O–H groups in total. The van der Waals surface area contributed by atoms with Gasteiger partial charge in [-0.15, -0.1) is 22.7 Å². The highest BCUT2D eigenvalue weighted by Gasteiger charge is 2.42. The quantitative estimate of drug-likeness (QED) is 0.101. The summed E-state index contributed by atoms with van der Waals surface area (Å²) in [6.07, 6.45) is 1.22. The van der Waals surface area contributed by atoms with Crippen molar-refractivity contribution in [3.8, 4) is 0 Å². The normalized spacial score (nSPS) is 17.5. The van der Waals surface area contributed by atoms with Crippen molar-refractivity contribution in [3.05, 3.63) is 139 Å². The molecule has 0 saturated carbocycles. The standard InChI is InChI=1S/C47H48F6N8OS2/c1-31-25-41(46(48,49)50)56-60(31)27-39(58-21-17-35(18-22-58)44-54-37(29-63-44)15-13-33-9-5-3-6-10-33)43(62)40(28-61-32(2)26-42(57-61)47(51,52)53)59-23-19-36(20-24-59)45-55-38(30-64-45)16-14-34-11-7-4-8-12-34/h3-16,25-26,29-30,35-36,39-40H,17-24,27-28H2,1-2H3. The number of hydrogen-bond donors (Lipinski definition) is 0. The average Bonchev–Trinajstić information content (AvgIpc) is 4.11. The molecular weight excluding hydrogens is 871 g/mol. The highest BCUT2D eigenvalue weighted by atomic mass is 32.1. The number of thiazole rings is 2. The molecule has 2 aliphatic heterocycles. The van der Waals surface area contributed by atoms with Crippen LogP contribution in [0, 0.1) is 13.8 Å². The number of ketones is 1. The number of alkyl halides is 6. The number of aromatic nitrogens is 6. The monoisotopic (exact) mass is 918 g/mol. The number of likely N-dealkylation sites (tertiary alicyclic amines) is 2. The molecule has 6 aromatic rings. The summed E-state index contributed by atoms with van der Waals surface area (Å²) in [5.74, 6) is -0.0719. The second-order valence-electron chi connectivity index (χ2n) is 16.5. The Bertz CT molecular complexity index is 2370. The minimum absolute atomic E-state index is 0.113. The van der Waals surface area contributed by atoms with Gasteiger partial charge in [0, 0.05) is 34.0 Å². The third-order valence-corrected chi connectivity index (χ3v) is 14.2. The van der Waals surface area contributed by atoms with Gasteiger partial charge in [0.05, 0.1) is 46.6 Å². The molecule has 2 unspecified atom stereocenters. The Morgan fingerprint density at radius 1 is 0.625 bits per heavy atom. The van der Waals surface area contributed by atoms with E-state index >= 15 is 4.79 Å². The lowest BCUT2D eigenvalue weighted by Crippen LogP contribution is -2.57. The Kier molecular flexibility index (Phi) is 13.8. The molecule has 17 heteroatoms. The van der Waals surface area contributed by atoms with Crippen LogP contribution in [-0.4, -0.2) is 83.4 Å². The predicted molar refractivity (Wildman–Crippen MR) is 239 cm³/mol. The number of rotatable bonds is 14. The highest BCUT2D eigenvalue weighted by Crippen LogP contribution is 2.36. The highest BCUT2D eigenvalue weighted by molar-refractivity contribution is 7.10. The number of hydrogen-bond acceptors (Lipinski definition) is 9. The van der Waals surface area contributed by atoms with Crippen LogP contribution in [0.4, 0.5) is 26.3 Å². The summed E-state index contributed by atoms with van der Waals surface area (Å²) in [4.78, 5) is 29.1.